The third-order valence-electron chi connectivity index (χ3n) is 4.66. The molecular weight excluding hydrogens is 512 g/mol. The largest absolute Gasteiger partial charge is 0.476 e. The second kappa shape index (κ2) is 9.99. The Bertz CT molecular complexity index is 1090. The molecule has 6 nitrogen and oxygen atoms in total. The number of ether oxygens (including phenoxy) is 1. The number of benzene rings is 2. The standard InChI is InChI=1S/C21H19BrCl2FN3O3/c1-11(10-31-2)28-19(18(20(29)30)27-21(28)22)17(12-3-5-13(23)6-4-12)26-14-7-8-16(25)15(24)9-14/h3-9,11,17,26H,10H2,1-2H3,(H,29,30). The number of nitrogens with one attached hydrogen (secondary N) is 1. The Morgan fingerprint density at radius 1 is 1.29 bits per heavy atom. The number of carbonyl (C=O) groups is 1. The molecule has 0 aliphatic rings. The van der Waals surface area contributed by atoms with Gasteiger partial charge in [0.25, 0.3) is 0 Å². The number of imidazole rings is 1. The maximum atomic E-state index is 13.7. The number of anilines is 1. The first-order valence-corrected chi connectivity index (χ1v) is 10.7. The summed E-state index contributed by atoms with van der Waals surface area (Å²) in [5.41, 5.74) is 1.50. The van der Waals surface area contributed by atoms with Gasteiger partial charge in [0.1, 0.15) is 5.82 Å². The van der Waals surface area contributed by atoms with Crippen molar-refractivity contribution in [1.82, 2.24) is 9.55 Å². The van der Waals surface area contributed by atoms with Crippen molar-refractivity contribution in [3.05, 3.63) is 80.0 Å². The zero-order valence-corrected chi connectivity index (χ0v) is 19.7. The quantitative estimate of drug-likeness (QED) is 0.362. The second-order valence-electron chi connectivity index (χ2n) is 6.85. The minimum Gasteiger partial charge on any atom is -0.476 e. The summed E-state index contributed by atoms with van der Waals surface area (Å²) in [6.07, 6.45) is 0. The molecule has 0 saturated heterocycles. The van der Waals surface area contributed by atoms with Gasteiger partial charge in [-0.15, -0.1) is 0 Å². The molecule has 164 valence electrons. The van der Waals surface area contributed by atoms with Crippen LogP contribution in [0.15, 0.2) is 47.2 Å². The Labute approximate surface area is 197 Å². The van der Waals surface area contributed by atoms with Gasteiger partial charge in [0, 0.05) is 17.8 Å². The van der Waals surface area contributed by atoms with Crippen LogP contribution < -0.4 is 5.32 Å². The average Bonchev–Trinajstić information content (AvgIpc) is 3.07. The van der Waals surface area contributed by atoms with Gasteiger partial charge in [0.2, 0.25) is 0 Å². The molecule has 10 heteroatoms. The third-order valence-corrected chi connectivity index (χ3v) is 5.76. The maximum absolute atomic E-state index is 13.7. The summed E-state index contributed by atoms with van der Waals surface area (Å²) in [4.78, 5) is 16.3. The van der Waals surface area contributed by atoms with E-state index in [0.29, 0.717) is 27.7 Å². The highest BCUT2D eigenvalue weighted by atomic mass is 79.9. The van der Waals surface area contributed by atoms with Gasteiger partial charge in [-0.05, 0) is 58.7 Å². The monoisotopic (exact) mass is 529 g/mol. The molecule has 0 bridgehead atoms. The summed E-state index contributed by atoms with van der Waals surface area (Å²) >= 11 is 15.4. The van der Waals surface area contributed by atoms with Crippen molar-refractivity contribution >= 4 is 50.8 Å². The molecule has 2 unspecified atom stereocenters. The van der Waals surface area contributed by atoms with Gasteiger partial charge >= 0.3 is 5.97 Å². The predicted octanol–water partition coefficient (Wildman–Crippen LogP) is 6.20. The zero-order chi connectivity index (χ0) is 22.7. The molecule has 0 radical (unpaired) electrons. The number of hydrogen-bond acceptors (Lipinski definition) is 4. The number of carboxylic acids is 1. The SMILES string of the molecule is COCC(C)n1c(Br)nc(C(=O)O)c1C(Nc1ccc(F)c(Cl)c1)c1ccc(Cl)cc1. The number of aromatic carboxylic acids is 1. The van der Waals surface area contributed by atoms with E-state index in [0.717, 1.165) is 5.56 Å². The number of aromatic nitrogens is 2. The first kappa shape index (κ1) is 23.5. The Morgan fingerprint density at radius 2 is 1.97 bits per heavy atom. The number of carboxylic acid groups (broad SMARTS) is 1. The minimum atomic E-state index is -1.18. The van der Waals surface area contributed by atoms with Crippen LogP contribution in [0.25, 0.3) is 0 Å². The van der Waals surface area contributed by atoms with Crippen molar-refractivity contribution in [2.45, 2.75) is 19.0 Å². The first-order valence-electron chi connectivity index (χ1n) is 9.19. The molecule has 3 aromatic rings. The maximum Gasteiger partial charge on any atom is 0.356 e. The van der Waals surface area contributed by atoms with E-state index < -0.39 is 17.8 Å². The van der Waals surface area contributed by atoms with Gasteiger partial charge in [-0.3, -0.25) is 0 Å². The third kappa shape index (κ3) is 5.20. The van der Waals surface area contributed by atoms with Gasteiger partial charge in [-0.25, -0.2) is 14.2 Å². The van der Waals surface area contributed by atoms with Crippen molar-refractivity contribution in [1.29, 1.82) is 0 Å². The van der Waals surface area contributed by atoms with Crippen LogP contribution in [-0.4, -0.2) is 34.3 Å². The Hall–Kier alpha value is -2.13. The van der Waals surface area contributed by atoms with E-state index in [4.69, 9.17) is 27.9 Å². The van der Waals surface area contributed by atoms with Crippen LogP contribution in [0, 0.1) is 5.82 Å². The summed E-state index contributed by atoms with van der Waals surface area (Å²) in [6, 6.07) is 10.3. The molecule has 0 saturated carbocycles. The van der Waals surface area contributed by atoms with Crippen LogP contribution in [0.1, 0.15) is 40.8 Å². The lowest BCUT2D eigenvalue weighted by molar-refractivity contribution is 0.0689. The van der Waals surface area contributed by atoms with Crippen LogP contribution in [0.5, 0.6) is 0 Å². The number of nitrogens with zero attached hydrogens (tertiary/aromatic N) is 2. The van der Waals surface area contributed by atoms with E-state index in [1.807, 2.05) is 6.92 Å². The van der Waals surface area contributed by atoms with Crippen molar-refractivity contribution < 1.29 is 19.0 Å². The molecule has 0 spiro atoms. The lowest BCUT2D eigenvalue weighted by atomic mass is 10.0. The molecule has 3 rings (SSSR count). The normalized spacial score (nSPS) is 13.1. The van der Waals surface area contributed by atoms with Gasteiger partial charge in [0.15, 0.2) is 10.4 Å². The van der Waals surface area contributed by atoms with Gasteiger partial charge in [-0.1, -0.05) is 35.3 Å². The average molecular weight is 531 g/mol. The lowest BCUT2D eigenvalue weighted by Crippen LogP contribution is -2.23. The molecule has 0 amide bonds. The number of methoxy groups -OCH3 is 1. The molecule has 2 aromatic carbocycles. The van der Waals surface area contributed by atoms with E-state index >= 15 is 0 Å². The van der Waals surface area contributed by atoms with Crippen LogP contribution in [-0.2, 0) is 4.74 Å². The number of rotatable bonds is 8. The second-order valence-corrected chi connectivity index (χ2v) is 8.40. The summed E-state index contributed by atoms with van der Waals surface area (Å²) < 4.78 is 21.0. The fraction of sp³-hybridized carbons (Fsp3) is 0.238. The Balaban J connectivity index is 2.22. The first-order chi connectivity index (χ1) is 14.7. The van der Waals surface area contributed by atoms with Gasteiger partial charge in [-0.2, -0.15) is 0 Å². The fourth-order valence-corrected chi connectivity index (χ4v) is 4.33. The number of hydrogen-bond donors (Lipinski definition) is 2. The van der Waals surface area contributed by atoms with E-state index in [2.05, 4.69) is 26.2 Å². The zero-order valence-electron chi connectivity index (χ0n) is 16.6. The lowest BCUT2D eigenvalue weighted by Gasteiger charge is -2.26. The van der Waals surface area contributed by atoms with Crippen molar-refractivity contribution in [3.8, 4) is 0 Å². The van der Waals surface area contributed by atoms with E-state index in [1.54, 1.807) is 35.9 Å². The van der Waals surface area contributed by atoms with Crippen LogP contribution >= 0.6 is 39.1 Å². The van der Waals surface area contributed by atoms with E-state index in [9.17, 15) is 14.3 Å². The molecular formula is C21H19BrCl2FN3O3. The van der Waals surface area contributed by atoms with Crippen molar-refractivity contribution in [2.24, 2.45) is 0 Å². The van der Waals surface area contributed by atoms with Crippen molar-refractivity contribution in [3.63, 3.8) is 0 Å². The van der Waals surface area contributed by atoms with Crippen LogP contribution in [0.2, 0.25) is 10.0 Å². The molecule has 2 N–H and O–H groups in total. The predicted molar refractivity (Wildman–Crippen MR) is 122 cm³/mol. The minimum absolute atomic E-state index is 0.0549. The Kier molecular flexibility index (Phi) is 7.59. The van der Waals surface area contributed by atoms with Crippen molar-refractivity contribution in [2.75, 3.05) is 19.0 Å². The molecule has 2 atom stereocenters. The Morgan fingerprint density at radius 3 is 2.55 bits per heavy atom. The molecule has 0 aliphatic carbocycles. The molecule has 1 heterocycles. The smallest absolute Gasteiger partial charge is 0.356 e. The summed E-state index contributed by atoms with van der Waals surface area (Å²) in [6.45, 7) is 2.22. The van der Waals surface area contributed by atoms with E-state index in [1.165, 1.54) is 18.2 Å². The fourth-order valence-electron chi connectivity index (χ4n) is 3.30. The number of halogens is 4. The van der Waals surface area contributed by atoms with E-state index in [-0.39, 0.29) is 16.8 Å². The summed E-state index contributed by atoms with van der Waals surface area (Å²) in [5, 5.41) is 13.6. The highest BCUT2D eigenvalue weighted by Crippen LogP contribution is 2.35. The van der Waals surface area contributed by atoms with Crippen LogP contribution in [0.4, 0.5) is 10.1 Å². The highest BCUT2D eigenvalue weighted by Gasteiger charge is 2.31. The molecule has 0 aliphatic heterocycles. The molecule has 31 heavy (non-hydrogen) atoms. The molecule has 0 fully saturated rings. The summed E-state index contributed by atoms with van der Waals surface area (Å²) in [7, 11) is 1.56. The summed E-state index contributed by atoms with van der Waals surface area (Å²) in [5.74, 6) is -1.74. The van der Waals surface area contributed by atoms with Crippen LogP contribution in [0.3, 0.4) is 0 Å². The van der Waals surface area contributed by atoms with Gasteiger partial charge in [0.05, 0.1) is 29.4 Å². The highest BCUT2D eigenvalue weighted by molar-refractivity contribution is 9.10. The topological polar surface area (TPSA) is 76.4 Å². The van der Waals surface area contributed by atoms with Gasteiger partial charge < -0.3 is 19.7 Å². The molecule has 1 aromatic heterocycles.